The topological polar surface area (TPSA) is 23.8 Å². The van der Waals surface area contributed by atoms with Crippen LogP contribution in [0.3, 0.4) is 0 Å². The Bertz CT molecular complexity index is 364. The number of rotatable bonds is 0. The Morgan fingerprint density at radius 1 is 1.36 bits per heavy atom. The van der Waals surface area contributed by atoms with Crippen LogP contribution in [0.2, 0.25) is 0 Å². The van der Waals surface area contributed by atoms with E-state index < -0.39 is 0 Å². The van der Waals surface area contributed by atoms with Crippen LogP contribution >= 0.6 is 11.8 Å². The molecule has 2 heteroatoms. The zero-order chi connectivity index (χ0) is 10.8. The second-order valence-electron chi connectivity index (χ2n) is 3.68. The van der Waals surface area contributed by atoms with Gasteiger partial charge in [-0.05, 0) is 39.3 Å². The van der Waals surface area contributed by atoms with Crippen molar-refractivity contribution in [2.45, 2.75) is 32.4 Å². The predicted octanol–water partition coefficient (Wildman–Crippen LogP) is 3.81. The molecule has 1 nitrogen and oxygen atoms in total. The lowest BCUT2D eigenvalue weighted by molar-refractivity contribution is 0.857. The molecule has 1 aliphatic rings. The van der Waals surface area contributed by atoms with E-state index in [1.54, 1.807) is 11.8 Å². The van der Waals surface area contributed by atoms with E-state index in [9.17, 15) is 0 Å². The molecule has 0 aromatic rings. The van der Waals surface area contributed by atoms with Crippen LogP contribution < -0.4 is 0 Å². The van der Waals surface area contributed by atoms with Crippen LogP contribution in [0.15, 0.2) is 34.3 Å². The highest BCUT2D eigenvalue weighted by molar-refractivity contribution is 8.04. The summed E-state index contributed by atoms with van der Waals surface area (Å²) in [7, 11) is 0. The summed E-state index contributed by atoms with van der Waals surface area (Å²) in [5.74, 6) is 0. The van der Waals surface area contributed by atoms with E-state index in [0.717, 1.165) is 11.1 Å². The molecule has 0 aromatic heterocycles. The Labute approximate surface area is 90.2 Å². The van der Waals surface area contributed by atoms with Crippen molar-refractivity contribution in [1.29, 1.82) is 5.26 Å². The van der Waals surface area contributed by atoms with E-state index in [1.165, 1.54) is 4.91 Å². The van der Waals surface area contributed by atoms with Gasteiger partial charge in [0.05, 0.1) is 6.07 Å². The maximum Gasteiger partial charge on any atom is 0.0962 e. The quantitative estimate of drug-likeness (QED) is 0.600. The summed E-state index contributed by atoms with van der Waals surface area (Å²) in [6.45, 7) is 8.21. The van der Waals surface area contributed by atoms with Gasteiger partial charge in [-0.15, -0.1) is 11.8 Å². The monoisotopic (exact) mass is 205 g/mol. The van der Waals surface area contributed by atoms with Crippen molar-refractivity contribution in [3.8, 4) is 6.07 Å². The molecule has 0 unspecified atom stereocenters. The molecule has 0 aliphatic carbocycles. The maximum atomic E-state index is 9.02. The minimum absolute atomic E-state index is 0.0941. The first-order valence-electron chi connectivity index (χ1n) is 4.69. The van der Waals surface area contributed by atoms with Crippen molar-refractivity contribution in [1.82, 2.24) is 0 Å². The second kappa shape index (κ2) is 4.06. The van der Waals surface area contributed by atoms with E-state index in [0.29, 0.717) is 0 Å². The van der Waals surface area contributed by atoms with E-state index >= 15 is 0 Å². The van der Waals surface area contributed by atoms with Crippen LogP contribution in [-0.2, 0) is 0 Å². The molecule has 0 N–H and O–H groups in total. The lowest BCUT2D eigenvalue weighted by atomic mass is 9.99. The van der Waals surface area contributed by atoms with Crippen molar-refractivity contribution >= 4 is 11.8 Å². The third-order valence-corrected chi connectivity index (χ3v) is 3.71. The lowest BCUT2D eigenvalue weighted by Gasteiger charge is -2.29. The number of allylic oxidation sites excluding steroid dienone is 4. The summed E-state index contributed by atoms with van der Waals surface area (Å²) in [5, 5.41) is 9.02. The molecule has 0 atom stereocenters. The van der Waals surface area contributed by atoms with Gasteiger partial charge >= 0.3 is 0 Å². The SMILES string of the molecule is C/C=C1/C=C(C#N)C(C)(C)S/C1=C/C. The molecule has 1 aliphatic heterocycles. The Balaban J connectivity index is 3.25. The second-order valence-corrected chi connectivity index (χ2v) is 5.34. The number of thioether (sulfide) groups is 1. The van der Waals surface area contributed by atoms with Gasteiger partial charge < -0.3 is 0 Å². The highest BCUT2D eigenvalue weighted by Gasteiger charge is 2.30. The lowest BCUT2D eigenvalue weighted by Crippen LogP contribution is -2.21. The zero-order valence-electron chi connectivity index (χ0n) is 9.09. The summed E-state index contributed by atoms with van der Waals surface area (Å²) in [6.07, 6.45) is 6.15. The molecule has 0 radical (unpaired) electrons. The van der Waals surface area contributed by atoms with Gasteiger partial charge in [-0.3, -0.25) is 0 Å². The van der Waals surface area contributed by atoms with Gasteiger partial charge in [0.2, 0.25) is 0 Å². The smallest absolute Gasteiger partial charge is 0.0962 e. The highest BCUT2D eigenvalue weighted by Crippen LogP contribution is 2.45. The third-order valence-electron chi connectivity index (χ3n) is 2.29. The van der Waals surface area contributed by atoms with Crippen molar-refractivity contribution in [2.24, 2.45) is 0 Å². The average Bonchev–Trinajstić information content (AvgIpc) is 2.16. The molecule has 0 fully saturated rings. The van der Waals surface area contributed by atoms with Crippen LogP contribution in [0, 0.1) is 11.3 Å². The molecule has 0 aromatic carbocycles. The van der Waals surface area contributed by atoms with Crippen LogP contribution in [0.4, 0.5) is 0 Å². The van der Waals surface area contributed by atoms with E-state index in [4.69, 9.17) is 5.26 Å². The molecule has 0 spiro atoms. The Morgan fingerprint density at radius 2 is 2.00 bits per heavy atom. The van der Waals surface area contributed by atoms with Gasteiger partial charge in [0, 0.05) is 15.2 Å². The van der Waals surface area contributed by atoms with Gasteiger partial charge in [0.25, 0.3) is 0 Å². The van der Waals surface area contributed by atoms with Crippen molar-refractivity contribution < 1.29 is 0 Å². The minimum Gasteiger partial charge on any atom is -0.193 e. The van der Waals surface area contributed by atoms with Crippen LogP contribution in [0.5, 0.6) is 0 Å². The number of nitrogens with zero attached hydrogens (tertiary/aromatic N) is 1. The first-order valence-corrected chi connectivity index (χ1v) is 5.51. The Hall–Kier alpha value is -0.940. The van der Waals surface area contributed by atoms with Gasteiger partial charge in [0.1, 0.15) is 0 Å². The van der Waals surface area contributed by atoms with Gasteiger partial charge in [-0.2, -0.15) is 5.26 Å². The first kappa shape index (κ1) is 11.1. The Morgan fingerprint density at radius 3 is 2.43 bits per heavy atom. The van der Waals surface area contributed by atoms with Gasteiger partial charge in [-0.25, -0.2) is 0 Å². The average molecular weight is 205 g/mol. The first-order chi connectivity index (χ1) is 6.55. The maximum absolute atomic E-state index is 9.02. The number of nitriles is 1. The summed E-state index contributed by atoms with van der Waals surface area (Å²) in [6, 6.07) is 2.28. The fraction of sp³-hybridized carbons (Fsp3) is 0.417. The molecule has 0 amide bonds. The zero-order valence-corrected chi connectivity index (χ0v) is 9.90. The van der Waals surface area contributed by atoms with Crippen LogP contribution in [0.1, 0.15) is 27.7 Å². The molecule has 14 heavy (non-hydrogen) atoms. The predicted molar refractivity (Wildman–Crippen MR) is 62.9 cm³/mol. The number of hydrogen-bond acceptors (Lipinski definition) is 2. The summed E-state index contributed by atoms with van der Waals surface area (Å²) < 4.78 is -0.0941. The molecular formula is C12H15NS. The van der Waals surface area contributed by atoms with Crippen molar-refractivity contribution in [3.63, 3.8) is 0 Å². The molecule has 0 saturated heterocycles. The third kappa shape index (κ3) is 1.93. The minimum atomic E-state index is -0.0941. The van der Waals surface area contributed by atoms with E-state index in [1.807, 2.05) is 19.9 Å². The Kier molecular flexibility index (Phi) is 3.23. The summed E-state index contributed by atoms with van der Waals surface area (Å²) >= 11 is 1.76. The highest BCUT2D eigenvalue weighted by atomic mass is 32.2. The fourth-order valence-electron chi connectivity index (χ4n) is 1.41. The van der Waals surface area contributed by atoms with E-state index in [-0.39, 0.29) is 4.75 Å². The van der Waals surface area contributed by atoms with E-state index in [2.05, 4.69) is 32.1 Å². The molecule has 0 saturated carbocycles. The molecule has 74 valence electrons. The molecule has 1 heterocycles. The van der Waals surface area contributed by atoms with Gasteiger partial charge in [0.15, 0.2) is 0 Å². The van der Waals surface area contributed by atoms with Crippen LogP contribution in [0.25, 0.3) is 0 Å². The molecule has 0 bridgehead atoms. The van der Waals surface area contributed by atoms with Crippen molar-refractivity contribution in [3.05, 3.63) is 34.3 Å². The standard InChI is InChI=1S/C12H15NS/c1-5-9-7-10(8-13)12(3,4)14-11(9)6-2/h5-7H,1-4H3/b9-5-,11-6+. The van der Waals surface area contributed by atoms with Crippen molar-refractivity contribution in [2.75, 3.05) is 0 Å². The number of hydrogen-bond donors (Lipinski definition) is 0. The normalized spacial score (nSPS) is 26.1. The summed E-state index contributed by atoms with van der Waals surface area (Å²) in [4.78, 5) is 1.26. The van der Waals surface area contributed by atoms with Crippen LogP contribution in [-0.4, -0.2) is 4.75 Å². The van der Waals surface area contributed by atoms with Gasteiger partial charge in [-0.1, -0.05) is 12.2 Å². The summed E-state index contributed by atoms with van der Waals surface area (Å²) in [5.41, 5.74) is 2.01. The molecule has 1 rings (SSSR count). The largest absolute Gasteiger partial charge is 0.193 e. The molecular weight excluding hydrogens is 190 g/mol. The fourth-order valence-corrected chi connectivity index (χ4v) is 2.58.